The van der Waals surface area contributed by atoms with Crippen molar-refractivity contribution in [3.8, 4) is 11.5 Å². The highest BCUT2D eigenvalue weighted by Gasteiger charge is 2.06. The van der Waals surface area contributed by atoms with E-state index in [4.69, 9.17) is 18.9 Å². The molecule has 0 aromatic heterocycles. The van der Waals surface area contributed by atoms with E-state index in [1.807, 2.05) is 78.9 Å². The van der Waals surface area contributed by atoms with E-state index >= 15 is 0 Å². The highest BCUT2D eigenvalue weighted by atomic mass is 16.6. The summed E-state index contributed by atoms with van der Waals surface area (Å²) in [6.07, 6.45) is 1.13. The van der Waals surface area contributed by atoms with Crippen LogP contribution in [0.5, 0.6) is 11.5 Å². The molecule has 3 aromatic carbocycles. The number of hydrogen-bond donors (Lipinski definition) is 0. The molecule has 0 N–H and O–H groups in total. The molecule has 3 aromatic rings. The van der Waals surface area contributed by atoms with E-state index < -0.39 is 5.97 Å². The fourth-order valence-electron chi connectivity index (χ4n) is 2.81. The minimum absolute atomic E-state index is 0.173. The van der Waals surface area contributed by atoms with Gasteiger partial charge in [-0.2, -0.15) is 0 Å². The molecule has 0 radical (unpaired) electrons. The zero-order valence-electron chi connectivity index (χ0n) is 17.4. The summed E-state index contributed by atoms with van der Waals surface area (Å²) >= 11 is 0. The number of benzene rings is 3. The number of esters is 1. The predicted octanol–water partition coefficient (Wildman–Crippen LogP) is 5.09. The Hall–Kier alpha value is -3.57. The lowest BCUT2D eigenvalue weighted by atomic mass is 10.2. The maximum Gasteiger partial charge on any atom is 0.330 e. The maximum atomic E-state index is 11.1. The maximum absolute atomic E-state index is 11.1. The van der Waals surface area contributed by atoms with Gasteiger partial charge in [0.25, 0.3) is 0 Å². The Morgan fingerprint density at radius 1 is 0.710 bits per heavy atom. The van der Waals surface area contributed by atoms with Gasteiger partial charge in [-0.15, -0.1) is 0 Å². The summed E-state index contributed by atoms with van der Waals surface area (Å²) in [5.74, 6) is 0.939. The lowest BCUT2D eigenvalue weighted by molar-refractivity contribution is -0.139. The predicted molar refractivity (Wildman–Crippen MR) is 119 cm³/mol. The van der Waals surface area contributed by atoms with Crippen LogP contribution < -0.4 is 9.47 Å². The van der Waals surface area contributed by atoms with Crippen LogP contribution in [-0.2, 0) is 34.1 Å². The van der Waals surface area contributed by atoms with Gasteiger partial charge in [0.05, 0.1) is 13.2 Å². The van der Waals surface area contributed by atoms with Gasteiger partial charge in [0.15, 0.2) is 0 Å². The second kappa shape index (κ2) is 12.2. The van der Waals surface area contributed by atoms with E-state index in [2.05, 4.69) is 6.58 Å². The van der Waals surface area contributed by atoms with Crippen molar-refractivity contribution in [1.82, 2.24) is 0 Å². The van der Waals surface area contributed by atoms with Crippen LogP contribution in [0.1, 0.15) is 16.7 Å². The zero-order valence-corrected chi connectivity index (χ0v) is 17.4. The number of rotatable bonds is 12. The monoisotopic (exact) mass is 418 g/mol. The summed E-state index contributed by atoms with van der Waals surface area (Å²) in [5, 5.41) is 0. The van der Waals surface area contributed by atoms with Gasteiger partial charge < -0.3 is 18.9 Å². The van der Waals surface area contributed by atoms with E-state index in [9.17, 15) is 4.79 Å². The molecule has 0 saturated carbocycles. The van der Waals surface area contributed by atoms with E-state index in [1.165, 1.54) is 0 Å². The van der Waals surface area contributed by atoms with E-state index in [1.54, 1.807) is 0 Å². The van der Waals surface area contributed by atoms with Crippen LogP contribution in [0.3, 0.4) is 0 Å². The number of carbonyl (C=O) groups is 1. The molecule has 0 aliphatic rings. The first-order chi connectivity index (χ1) is 15.2. The Bertz CT molecular complexity index is 892. The summed E-state index contributed by atoms with van der Waals surface area (Å²) in [7, 11) is 0. The largest absolute Gasteiger partial charge is 0.489 e. The summed E-state index contributed by atoms with van der Waals surface area (Å²) in [6, 6.07) is 25.7. The first kappa shape index (κ1) is 22.1. The van der Waals surface area contributed by atoms with Gasteiger partial charge in [-0.25, -0.2) is 4.79 Å². The smallest absolute Gasteiger partial charge is 0.330 e. The van der Waals surface area contributed by atoms with Gasteiger partial charge in [-0.1, -0.05) is 67.2 Å². The van der Waals surface area contributed by atoms with Gasteiger partial charge in [-0.05, 0) is 28.8 Å². The van der Waals surface area contributed by atoms with Gasteiger partial charge >= 0.3 is 5.97 Å². The van der Waals surface area contributed by atoms with E-state index in [0.29, 0.717) is 31.3 Å². The number of hydrogen-bond acceptors (Lipinski definition) is 5. The van der Waals surface area contributed by atoms with Crippen molar-refractivity contribution in [1.29, 1.82) is 0 Å². The molecular weight excluding hydrogens is 392 g/mol. The lowest BCUT2D eigenvalue weighted by Gasteiger charge is -2.13. The van der Waals surface area contributed by atoms with Gasteiger partial charge in [0.1, 0.15) is 31.3 Å². The van der Waals surface area contributed by atoms with Crippen LogP contribution >= 0.6 is 0 Å². The minimum atomic E-state index is -0.462. The lowest BCUT2D eigenvalue weighted by Crippen LogP contribution is -2.08. The Labute approximate surface area is 182 Å². The Kier molecular flexibility index (Phi) is 8.71. The quantitative estimate of drug-likeness (QED) is 0.233. The fourth-order valence-corrected chi connectivity index (χ4v) is 2.81. The summed E-state index contributed by atoms with van der Waals surface area (Å²) in [4.78, 5) is 11.1. The van der Waals surface area contributed by atoms with Crippen molar-refractivity contribution in [2.45, 2.75) is 19.8 Å². The molecule has 0 saturated heterocycles. The minimum Gasteiger partial charge on any atom is -0.489 e. The summed E-state index contributed by atoms with van der Waals surface area (Å²) in [6.45, 7) is 5.08. The van der Waals surface area contributed by atoms with Crippen LogP contribution in [0.25, 0.3) is 0 Å². The Morgan fingerprint density at radius 2 is 1.26 bits per heavy atom. The first-order valence-corrected chi connectivity index (χ1v) is 10.1. The third kappa shape index (κ3) is 7.99. The van der Waals surface area contributed by atoms with Crippen LogP contribution in [0, 0.1) is 0 Å². The normalized spacial score (nSPS) is 10.3. The van der Waals surface area contributed by atoms with Crippen molar-refractivity contribution in [2.75, 3.05) is 13.2 Å². The molecule has 0 aliphatic heterocycles. The summed E-state index contributed by atoms with van der Waals surface area (Å²) in [5.41, 5.74) is 3.07. The zero-order chi connectivity index (χ0) is 21.7. The Balaban J connectivity index is 1.62. The molecule has 0 atom stereocenters. The van der Waals surface area contributed by atoms with Crippen LogP contribution in [0.4, 0.5) is 0 Å². The van der Waals surface area contributed by atoms with Crippen LogP contribution in [-0.4, -0.2) is 19.2 Å². The highest BCUT2D eigenvalue weighted by Crippen LogP contribution is 2.25. The van der Waals surface area contributed by atoms with Crippen molar-refractivity contribution < 1.29 is 23.7 Å². The average molecular weight is 418 g/mol. The second-order valence-electron chi connectivity index (χ2n) is 6.79. The SMILES string of the molecule is C=CC(=O)OCCOCc1cc(OCc2ccccc2)cc(OCc2ccccc2)c1. The molecule has 0 aliphatic carbocycles. The van der Waals surface area contributed by atoms with Crippen molar-refractivity contribution in [3.05, 3.63) is 108 Å². The second-order valence-corrected chi connectivity index (χ2v) is 6.79. The van der Waals surface area contributed by atoms with Crippen molar-refractivity contribution in [2.24, 2.45) is 0 Å². The van der Waals surface area contributed by atoms with E-state index in [0.717, 1.165) is 22.8 Å². The topological polar surface area (TPSA) is 54.0 Å². The third-order valence-electron chi connectivity index (χ3n) is 4.34. The molecule has 31 heavy (non-hydrogen) atoms. The molecule has 0 amide bonds. The third-order valence-corrected chi connectivity index (χ3v) is 4.34. The van der Waals surface area contributed by atoms with Gasteiger partial charge in [-0.3, -0.25) is 0 Å². The average Bonchev–Trinajstić information content (AvgIpc) is 2.82. The molecular formula is C26H26O5. The number of ether oxygens (including phenoxy) is 4. The molecule has 160 valence electrons. The molecule has 0 bridgehead atoms. The fraction of sp³-hybridized carbons (Fsp3) is 0.192. The highest BCUT2D eigenvalue weighted by molar-refractivity contribution is 5.81. The molecule has 5 heteroatoms. The van der Waals surface area contributed by atoms with E-state index in [-0.39, 0.29) is 13.2 Å². The molecule has 0 unspecified atom stereocenters. The molecule has 3 rings (SSSR count). The number of carbonyl (C=O) groups excluding carboxylic acids is 1. The first-order valence-electron chi connectivity index (χ1n) is 10.1. The molecule has 0 heterocycles. The summed E-state index contributed by atoms with van der Waals surface area (Å²) < 4.78 is 22.5. The molecule has 0 fully saturated rings. The van der Waals surface area contributed by atoms with Crippen molar-refractivity contribution >= 4 is 5.97 Å². The van der Waals surface area contributed by atoms with Crippen LogP contribution in [0.15, 0.2) is 91.5 Å². The Morgan fingerprint density at radius 3 is 1.77 bits per heavy atom. The van der Waals surface area contributed by atoms with Crippen molar-refractivity contribution in [3.63, 3.8) is 0 Å². The van der Waals surface area contributed by atoms with Gasteiger partial charge in [0, 0.05) is 12.1 Å². The van der Waals surface area contributed by atoms with Gasteiger partial charge in [0.2, 0.25) is 0 Å². The standard InChI is InChI=1S/C26H26O5/c1-2-26(27)29-14-13-28-18-23-15-24(30-19-21-9-5-3-6-10-21)17-25(16-23)31-20-22-11-7-4-8-12-22/h2-12,15-17H,1,13-14,18-20H2. The molecule has 5 nitrogen and oxygen atoms in total. The van der Waals surface area contributed by atoms with Crippen LogP contribution in [0.2, 0.25) is 0 Å². The molecule has 0 spiro atoms.